The van der Waals surface area contributed by atoms with Crippen molar-refractivity contribution in [2.24, 2.45) is 28.6 Å². The van der Waals surface area contributed by atoms with Crippen LogP contribution in [0, 0.1) is 28.6 Å². The molecule has 7 heteroatoms. The molecule has 2 spiro atoms. The number of hydrogen-bond acceptors (Lipinski definition) is 7. The molecule has 3 aliphatic carbocycles. The van der Waals surface area contributed by atoms with E-state index in [2.05, 4.69) is 6.58 Å². The largest absolute Gasteiger partial charge is 0.387 e. The van der Waals surface area contributed by atoms with Crippen molar-refractivity contribution in [1.82, 2.24) is 0 Å². The Morgan fingerprint density at radius 1 is 1.28 bits per heavy atom. The van der Waals surface area contributed by atoms with Gasteiger partial charge in [-0.05, 0) is 53.0 Å². The summed E-state index contributed by atoms with van der Waals surface area (Å²) in [6, 6.07) is 0. The molecule has 0 aromatic heterocycles. The predicted octanol–water partition coefficient (Wildman–Crippen LogP) is 3.98. The van der Waals surface area contributed by atoms with E-state index in [1.54, 1.807) is 26.8 Å². The first-order valence-corrected chi connectivity index (χ1v) is 12.4. The zero-order valence-electron chi connectivity index (χ0n) is 19.8. The van der Waals surface area contributed by atoms with Gasteiger partial charge in [-0.3, -0.25) is 13.8 Å². The van der Waals surface area contributed by atoms with Crippen molar-refractivity contribution in [3.05, 3.63) is 24.3 Å². The molecule has 32 heavy (non-hydrogen) atoms. The first-order valence-electron chi connectivity index (χ1n) is 11.7. The molecular formula is C25H34O6S. The highest BCUT2D eigenvalue weighted by Crippen LogP contribution is 2.77. The number of carbonyl (C=O) groups excluding carboxylic acids is 2. The Balaban J connectivity index is 1.84. The third-order valence-electron chi connectivity index (χ3n) is 9.26. The molecule has 0 aromatic carbocycles. The highest BCUT2D eigenvalue weighted by atomic mass is 32.2. The molecule has 1 unspecified atom stereocenters. The first kappa shape index (κ1) is 22.8. The molecule has 2 saturated carbocycles. The Hall–Kier alpha value is -0.990. The fourth-order valence-corrected chi connectivity index (χ4v) is 9.39. The van der Waals surface area contributed by atoms with Gasteiger partial charge in [-0.2, -0.15) is 0 Å². The van der Waals surface area contributed by atoms with Crippen molar-refractivity contribution in [3.63, 3.8) is 0 Å². The van der Waals surface area contributed by atoms with Crippen LogP contribution in [-0.4, -0.2) is 45.2 Å². The van der Waals surface area contributed by atoms with Crippen molar-refractivity contribution < 1.29 is 28.4 Å². The van der Waals surface area contributed by atoms with Gasteiger partial charge in [0.25, 0.3) is 0 Å². The summed E-state index contributed by atoms with van der Waals surface area (Å²) in [6.45, 7) is 15.3. The van der Waals surface area contributed by atoms with Crippen LogP contribution in [0.3, 0.4) is 0 Å². The fourth-order valence-electron chi connectivity index (χ4n) is 7.82. The van der Waals surface area contributed by atoms with E-state index in [1.165, 1.54) is 12.0 Å². The summed E-state index contributed by atoms with van der Waals surface area (Å²) >= 11 is 1.28. The number of ketones is 2. The molecule has 6 nitrogen and oxygen atoms in total. The SMILES string of the molecule is C=C(C)[C@@H]1CC[C@H]2[C@]34C=CC(=O)[C@@](C)(CC)[C@H]3[C@H](O)C3(OS4)OC(C)(C)O[C@H]1[C@@]23C(C)=O. The summed E-state index contributed by atoms with van der Waals surface area (Å²) in [5.41, 5.74) is -1.04. The lowest BCUT2D eigenvalue weighted by Crippen LogP contribution is -2.88. The van der Waals surface area contributed by atoms with Gasteiger partial charge in [0.05, 0.1) is 10.9 Å². The Bertz CT molecular complexity index is 943. The Morgan fingerprint density at radius 3 is 2.56 bits per heavy atom. The Labute approximate surface area is 194 Å². The van der Waals surface area contributed by atoms with E-state index < -0.39 is 45.3 Å². The van der Waals surface area contributed by atoms with E-state index in [9.17, 15) is 14.7 Å². The Morgan fingerprint density at radius 2 is 1.97 bits per heavy atom. The smallest absolute Gasteiger partial charge is 0.225 e. The number of ether oxygens (including phenoxy) is 2. The van der Waals surface area contributed by atoms with E-state index in [4.69, 9.17) is 13.7 Å². The van der Waals surface area contributed by atoms with Crippen LogP contribution in [0.4, 0.5) is 0 Å². The molecule has 176 valence electrons. The van der Waals surface area contributed by atoms with Crippen LogP contribution >= 0.6 is 12.0 Å². The maximum Gasteiger partial charge on any atom is 0.225 e. The topological polar surface area (TPSA) is 82.1 Å². The molecule has 9 atom stereocenters. The monoisotopic (exact) mass is 462 g/mol. The van der Waals surface area contributed by atoms with Gasteiger partial charge in [0, 0.05) is 35.2 Å². The van der Waals surface area contributed by atoms with Crippen LogP contribution in [0.5, 0.6) is 0 Å². The summed E-state index contributed by atoms with van der Waals surface area (Å²) in [5.74, 6) is -3.49. The van der Waals surface area contributed by atoms with Gasteiger partial charge >= 0.3 is 0 Å². The molecule has 3 saturated heterocycles. The normalized spacial score (nSPS) is 52.8. The summed E-state index contributed by atoms with van der Waals surface area (Å²) in [7, 11) is 0. The minimum absolute atomic E-state index is 0.00569. The lowest BCUT2D eigenvalue weighted by Gasteiger charge is -2.76. The van der Waals surface area contributed by atoms with Gasteiger partial charge in [-0.25, -0.2) is 0 Å². The van der Waals surface area contributed by atoms with Crippen LogP contribution in [0.25, 0.3) is 0 Å². The van der Waals surface area contributed by atoms with Crippen molar-refractivity contribution in [1.29, 1.82) is 0 Å². The number of Topliss-reactive ketones (excluding diaryl/α,β-unsaturated/α-hetero) is 1. The van der Waals surface area contributed by atoms with Gasteiger partial charge < -0.3 is 14.6 Å². The molecule has 0 aromatic rings. The maximum atomic E-state index is 13.8. The summed E-state index contributed by atoms with van der Waals surface area (Å²) < 4.78 is 18.7. The maximum absolute atomic E-state index is 13.8. The van der Waals surface area contributed by atoms with Crippen LogP contribution in [0.15, 0.2) is 24.3 Å². The van der Waals surface area contributed by atoms with E-state index in [0.29, 0.717) is 6.42 Å². The second-order valence-corrected chi connectivity index (χ2v) is 12.2. The molecule has 2 bridgehead atoms. The van der Waals surface area contributed by atoms with Crippen molar-refractivity contribution in [2.45, 2.75) is 89.3 Å². The van der Waals surface area contributed by atoms with Crippen LogP contribution < -0.4 is 0 Å². The zero-order chi connectivity index (χ0) is 23.5. The van der Waals surface area contributed by atoms with E-state index in [1.807, 2.05) is 26.8 Å². The van der Waals surface area contributed by atoms with Gasteiger partial charge in [0.1, 0.15) is 17.3 Å². The predicted molar refractivity (Wildman–Crippen MR) is 120 cm³/mol. The number of carbonyl (C=O) groups is 2. The van der Waals surface area contributed by atoms with Crippen LogP contribution in [-0.2, 0) is 23.2 Å². The van der Waals surface area contributed by atoms with Gasteiger partial charge in [-0.1, -0.05) is 32.1 Å². The molecule has 3 aliphatic heterocycles. The van der Waals surface area contributed by atoms with Gasteiger partial charge in [-0.15, -0.1) is 0 Å². The van der Waals surface area contributed by atoms with E-state index in [0.717, 1.165) is 18.4 Å². The number of fused-ring (bicyclic) bond motifs is 1. The first-order chi connectivity index (χ1) is 14.8. The number of allylic oxidation sites excluding steroid dienone is 1. The molecule has 0 amide bonds. The van der Waals surface area contributed by atoms with Crippen molar-refractivity contribution >= 4 is 23.6 Å². The van der Waals surface area contributed by atoms with Crippen LogP contribution in [0.2, 0.25) is 0 Å². The third-order valence-corrected chi connectivity index (χ3v) is 10.5. The molecule has 5 fully saturated rings. The average molecular weight is 463 g/mol. The number of aliphatic hydroxyl groups is 1. The van der Waals surface area contributed by atoms with E-state index in [-0.39, 0.29) is 23.4 Å². The van der Waals surface area contributed by atoms with Crippen molar-refractivity contribution in [2.75, 3.05) is 0 Å². The quantitative estimate of drug-likeness (QED) is 0.502. The lowest BCUT2D eigenvalue weighted by atomic mass is 9.40. The molecule has 3 heterocycles. The van der Waals surface area contributed by atoms with E-state index >= 15 is 0 Å². The second-order valence-electron chi connectivity index (χ2n) is 11.1. The summed E-state index contributed by atoms with van der Waals surface area (Å²) in [6.07, 6.45) is 3.98. The molecule has 6 rings (SSSR count). The minimum Gasteiger partial charge on any atom is -0.387 e. The second kappa shape index (κ2) is 6.57. The zero-order valence-corrected chi connectivity index (χ0v) is 20.6. The number of rotatable bonds is 3. The van der Waals surface area contributed by atoms with Gasteiger partial charge in [0.15, 0.2) is 11.6 Å². The van der Waals surface area contributed by atoms with Gasteiger partial charge in [0.2, 0.25) is 5.79 Å². The van der Waals surface area contributed by atoms with Crippen LogP contribution in [0.1, 0.15) is 60.8 Å². The minimum atomic E-state index is -1.61. The fraction of sp³-hybridized carbons (Fsp3) is 0.760. The molecular weight excluding hydrogens is 428 g/mol. The Kier molecular flexibility index (Phi) is 4.68. The lowest BCUT2D eigenvalue weighted by molar-refractivity contribution is -0.479. The summed E-state index contributed by atoms with van der Waals surface area (Å²) in [4.78, 5) is 26.9. The molecule has 1 N–H and O–H groups in total. The molecule has 0 radical (unpaired) electrons. The number of aliphatic hydroxyl groups excluding tert-OH is 1. The average Bonchev–Trinajstić information content (AvgIpc) is 2.71. The highest BCUT2D eigenvalue weighted by molar-refractivity contribution is 7.96. The van der Waals surface area contributed by atoms with Crippen molar-refractivity contribution in [3.8, 4) is 0 Å². The highest BCUT2D eigenvalue weighted by Gasteiger charge is 2.87. The number of hydrogen-bond donors (Lipinski definition) is 1. The summed E-state index contributed by atoms with van der Waals surface area (Å²) in [5, 5.41) is 12.1. The molecule has 6 aliphatic rings. The third kappa shape index (κ3) is 2.28. The standard InChI is InChI=1S/C25H34O6S/c1-8-22(7)17(27)11-12-23-16-10-9-15(13(2)3)20-24(16,14(4)26)25(31-32-23,19(28)18(22)23)30-21(5,6)29-20/h11-12,15-16,18-20,28H,2,8-10H2,1,3-7H3/t15-,16-,18+,19-,20+,22+,23+,24+,25?/m0/s1.